The number of halogens is 1. The first-order chi connectivity index (χ1) is 21.2. The Morgan fingerprint density at radius 1 is 1.14 bits per heavy atom. The lowest BCUT2D eigenvalue weighted by Crippen LogP contribution is -2.49. The maximum Gasteiger partial charge on any atom is 0.270 e. The molecule has 0 spiro atoms. The zero-order valence-corrected chi connectivity index (χ0v) is 25.0. The van der Waals surface area contributed by atoms with Crippen LogP contribution in [-0.4, -0.2) is 78.6 Å². The number of nitrogens with one attached hydrogen (secondary N) is 2. The molecule has 2 aliphatic heterocycles. The lowest BCUT2D eigenvalue weighted by Gasteiger charge is -2.26. The monoisotopic (exact) mass is 601 g/mol. The van der Waals surface area contributed by atoms with E-state index in [1.54, 1.807) is 6.07 Å². The summed E-state index contributed by atoms with van der Waals surface area (Å²) in [4.78, 5) is 47.9. The zero-order valence-electron chi connectivity index (χ0n) is 25.0. The van der Waals surface area contributed by atoms with Crippen molar-refractivity contribution in [1.29, 1.82) is 0 Å². The number of fused-ring (bicyclic) bond motifs is 2. The van der Waals surface area contributed by atoms with Crippen molar-refractivity contribution < 1.29 is 28.2 Å². The minimum atomic E-state index is -0.720. The molecule has 0 bridgehead atoms. The van der Waals surface area contributed by atoms with Crippen molar-refractivity contribution in [3.05, 3.63) is 71.2 Å². The number of hydrogen-bond donors (Lipinski definition) is 2. The standard InChI is InChI=1S/C33H36FN5O5/c1-19(30-21(7-6-20-4-5-20)9-13-28-31(30)44-18-43-28)36-33(42)27-15-24(38(2)3)17-39(27)29(40)16-35-32(41)26-11-8-22-14-23(34)10-12-25(22)37-26/h6-14,19-20,24,27H,4-5,15-18H2,1-3H3,(H,35,41)(H,36,42)/b7-6+/t19-,24+,27-/m0/s1. The van der Waals surface area contributed by atoms with E-state index in [9.17, 15) is 18.8 Å². The minimum absolute atomic E-state index is 0.0296. The number of likely N-dealkylation sites (N-methyl/N-ethyl adjacent to an activating group) is 1. The Morgan fingerprint density at radius 2 is 1.95 bits per heavy atom. The second-order valence-electron chi connectivity index (χ2n) is 11.9. The van der Waals surface area contributed by atoms with Crippen LogP contribution in [0.3, 0.4) is 0 Å². The summed E-state index contributed by atoms with van der Waals surface area (Å²) in [5.74, 6) is 0.269. The number of likely N-dealkylation sites (tertiary alicyclic amines) is 1. The van der Waals surface area contributed by atoms with Crippen LogP contribution in [0.25, 0.3) is 17.0 Å². The van der Waals surface area contributed by atoms with Crippen molar-refractivity contribution in [3.8, 4) is 11.5 Å². The van der Waals surface area contributed by atoms with E-state index >= 15 is 0 Å². The minimum Gasteiger partial charge on any atom is -0.454 e. The molecule has 11 heteroatoms. The maximum absolute atomic E-state index is 13.8. The van der Waals surface area contributed by atoms with Gasteiger partial charge in [-0.2, -0.15) is 0 Å². The van der Waals surface area contributed by atoms with Gasteiger partial charge in [-0.3, -0.25) is 14.4 Å². The van der Waals surface area contributed by atoms with Crippen molar-refractivity contribution >= 4 is 34.7 Å². The van der Waals surface area contributed by atoms with Gasteiger partial charge in [0.25, 0.3) is 5.91 Å². The van der Waals surface area contributed by atoms with E-state index in [1.807, 2.05) is 38.1 Å². The van der Waals surface area contributed by atoms with E-state index in [4.69, 9.17) is 9.47 Å². The van der Waals surface area contributed by atoms with Gasteiger partial charge in [0.05, 0.1) is 18.1 Å². The van der Waals surface area contributed by atoms with Crippen LogP contribution in [0.5, 0.6) is 11.5 Å². The van der Waals surface area contributed by atoms with Crippen LogP contribution < -0.4 is 20.1 Å². The van der Waals surface area contributed by atoms with Crippen LogP contribution in [0.4, 0.5) is 4.39 Å². The molecule has 3 atom stereocenters. The summed E-state index contributed by atoms with van der Waals surface area (Å²) in [5.41, 5.74) is 2.37. The third kappa shape index (κ3) is 6.23. The first-order valence-corrected chi connectivity index (χ1v) is 14.9. The molecule has 230 valence electrons. The summed E-state index contributed by atoms with van der Waals surface area (Å²) in [7, 11) is 3.83. The lowest BCUT2D eigenvalue weighted by atomic mass is 9.98. The molecule has 10 nitrogen and oxygen atoms in total. The van der Waals surface area contributed by atoms with E-state index in [-0.39, 0.29) is 36.9 Å². The highest BCUT2D eigenvalue weighted by molar-refractivity contribution is 5.97. The van der Waals surface area contributed by atoms with E-state index in [0.717, 1.165) is 11.1 Å². The molecule has 1 saturated heterocycles. The molecule has 44 heavy (non-hydrogen) atoms. The van der Waals surface area contributed by atoms with Crippen LogP contribution in [0, 0.1) is 11.7 Å². The number of allylic oxidation sites excluding steroid dienone is 1. The van der Waals surface area contributed by atoms with Crippen LogP contribution in [0.15, 0.2) is 48.5 Å². The van der Waals surface area contributed by atoms with Gasteiger partial charge >= 0.3 is 0 Å². The molecule has 2 fully saturated rings. The number of benzene rings is 2. The maximum atomic E-state index is 13.8. The van der Waals surface area contributed by atoms with Crippen molar-refractivity contribution in [2.24, 2.45) is 5.92 Å². The largest absolute Gasteiger partial charge is 0.454 e. The number of rotatable bonds is 9. The van der Waals surface area contributed by atoms with E-state index in [0.29, 0.717) is 41.3 Å². The fraction of sp³-hybridized carbons (Fsp3) is 0.394. The van der Waals surface area contributed by atoms with Gasteiger partial charge in [0.2, 0.25) is 18.6 Å². The van der Waals surface area contributed by atoms with Gasteiger partial charge in [0, 0.05) is 23.5 Å². The molecule has 3 amide bonds. The number of hydrogen-bond acceptors (Lipinski definition) is 7. The lowest BCUT2D eigenvalue weighted by molar-refractivity contribution is -0.138. The van der Waals surface area contributed by atoms with Crippen molar-refractivity contribution in [3.63, 3.8) is 0 Å². The Morgan fingerprint density at radius 3 is 2.73 bits per heavy atom. The summed E-state index contributed by atoms with van der Waals surface area (Å²) in [6.45, 7) is 2.07. The number of pyridine rings is 1. The number of nitrogens with zero attached hydrogens (tertiary/aromatic N) is 3. The molecule has 1 saturated carbocycles. The SMILES string of the molecule is C[C@H](NC(=O)[C@@H]1C[C@@H](N(C)C)CN1C(=O)CNC(=O)c1ccc2cc(F)ccc2n1)c1c(/C=C/C2CC2)ccc2c1OCO2. The van der Waals surface area contributed by atoms with Crippen LogP contribution in [0.1, 0.15) is 53.8 Å². The Kier molecular flexibility index (Phi) is 8.22. The van der Waals surface area contributed by atoms with Gasteiger partial charge in [-0.05, 0) is 82.1 Å². The average Bonchev–Trinajstić information content (AvgIpc) is 3.51. The fourth-order valence-electron chi connectivity index (χ4n) is 5.79. The topological polar surface area (TPSA) is 113 Å². The van der Waals surface area contributed by atoms with Crippen LogP contribution in [-0.2, 0) is 9.59 Å². The number of amides is 3. The van der Waals surface area contributed by atoms with Gasteiger partial charge < -0.3 is 29.9 Å². The molecule has 0 unspecified atom stereocenters. The zero-order chi connectivity index (χ0) is 31.0. The van der Waals surface area contributed by atoms with Crippen molar-refractivity contribution in [2.75, 3.05) is 34.0 Å². The van der Waals surface area contributed by atoms with Gasteiger partial charge in [-0.25, -0.2) is 9.37 Å². The molecule has 3 heterocycles. The Labute approximate surface area is 255 Å². The molecule has 2 N–H and O–H groups in total. The summed E-state index contributed by atoms with van der Waals surface area (Å²) in [6.07, 6.45) is 7.09. The summed E-state index contributed by atoms with van der Waals surface area (Å²) in [6, 6.07) is 9.90. The number of carbonyl (C=O) groups excluding carboxylic acids is 3. The second-order valence-corrected chi connectivity index (χ2v) is 11.9. The molecule has 2 aromatic carbocycles. The number of carbonyl (C=O) groups is 3. The molecule has 0 radical (unpaired) electrons. The molecule has 1 aromatic heterocycles. The van der Waals surface area contributed by atoms with Crippen LogP contribution >= 0.6 is 0 Å². The first-order valence-electron chi connectivity index (χ1n) is 14.9. The smallest absolute Gasteiger partial charge is 0.270 e. The van der Waals surface area contributed by atoms with Crippen LogP contribution in [0.2, 0.25) is 0 Å². The highest BCUT2D eigenvalue weighted by Crippen LogP contribution is 2.42. The van der Waals surface area contributed by atoms with Gasteiger partial charge in [0.15, 0.2) is 11.5 Å². The predicted octanol–water partition coefficient (Wildman–Crippen LogP) is 3.66. The molecule has 3 aliphatic rings. The average molecular weight is 602 g/mol. The summed E-state index contributed by atoms with van der Waals surface area (Å²) >= 11 is 0. The Hall–Kier alpha value is -4.51. The third-order valence-electron chi connectivity index (χ3n) is 8.49. The number of ether oxygens (including phenoxy) is 2. The number of aromatic nitrogens is 1. The van der Waals surface area contributed by atoms with E-state index < -0.39 is 23.8 Å². The quantitative estimate of drug-likeness (QED) is 0.385. The Bertz CT molecular complexity index is 1640. The van der Waals surface area contributed by atoms with E-state index in [1.165, 1.54) is 42.0 Å². The van der Waals surface area contributed by atoms with Gasteiger partial charge in [-0.15, -0.1) is 0 Å². The fourth-order valence-corrected chi connectivity index (χ4v) is 5.79. The highest BCUT2D eigenvalue weighted by Gasteiger charge is 2.41. The highest BCUT2D eigenvalue weighted by atomic mass is 19.1. The molecule has 1 aliphatic carbocycles. The molecular weight excluding hydrogens is 565 g/mol. The Balaban J connectivity index is 1.15. The first kappa shape index (κ1) is 29.6. The summed E-state index contributed by atoms with van der Waals surface area (Å²) in [5, 5.41) is 6.33. The molecule has 3 aromatic rings. The molecular formula is C33H36FN5O5. The van der Waals surface area contributed by atoms with E-state index in [2.05, 4.69) is 27.8 Å². The third-order valence-corrected chi connectivity index (χ3v) is 8.49. The van der Waals surface area contributed by atoms with Crippen molar-refractivity contribution in [1.82, 2.24) is 25.4 Å². The second kappa shape index (κ2) is 12.2. The molecule has 6 rings (SSSR count). The summed E-state index contributed by atoms with van der Waals surface area (Å²) < 4.78 is 24.9. The van der Waals surface area contributed by atoms with Gasteiger partial charge in [-0.1, -0.05) is 24.3 Å². The predicted molar refractivity (Wildman–Crippen MR) is 163 cm³/mol. The van der Waals surface area contributed by atoms with Crippen molar-refractivity contribution in [2.45, 2.75) is 44.3 Å². The normalized spacial score (nSPS) is 20.0. The van der Waals surface area contributed by atoms with Gasteiger partial charge in [0.1, 0.15) is 17.6 Å².